The summed E-state index contributed by atoms with van der Waals surface area (Å²) in [5, 5.41) is 0. The maximum Gasteiger partial charge on any atom is 0.241 e. The fraction of sp³-hybridized carbons (Fsp3) is 0.381. The molecule has 0 bridgehead atoms. The Bertz CT molecular complexity index is 941. The number of anilines is 1. The molecular formula is C21H24N2O3S. The molecule has 2 fully saturated rings. The van der Waals surface area contributed by atoms with Crippen molar-refractivity contribution in [3.05, 3.63) is 65.7 Å². The minimum absolute atomic E-state index is 0.0175. The number of nitrogens with zero attached hydrogens (tertiary/aromatic N) is 2. The smallest absolute Gasteiger partial charge is 0.241 e. The fourth-order valence-electron chi connectivity index (χ4n) is 4.30. The van der Waals surface area contributed by atoms with Crippen LogP contribution in [0.1, 0.15) is 24.1 Å². The molecule has 2 aromatic rings. The Morgan fingerprint density at radius 1 is 0.963 bits per heavy atom. The molecule has 27 heavy (non-hydrogen) atoms. The van der Waals surface area contributed by atoms with E-state index in [0.29, 0.717) is 0 Å². The number of carbonyl (C=O) groups excluding carboxylic acids is 1. The molecule has 2 saturated heterocycles. The first-order valence-corrected chi connectivity index (χ1v) is 11.1. The van der Waals surface area contributed by atoms with Crippen molar-refractivity contribution < 1.29 is 13.2 Å². The zero-order chi connectivity index (χ0) is 19.2. The van der Waals surface area contributed by atoms with Gasteiger partial charge in [-0.15, -0.1) is 0 Å². The van der Waals surface area contributed by atoms with E-state index in [4.69, 9.17) is 0 Å². The molecule has 0 saturated carbocycles. The summed E-state index contributed by atoms with van der Waals surface area (Å²) in [7, 11) is -3.19. The fourth-order valence-corrected chi connectivity index (χ4v) is 6.26. The molecule has 2 aliphatic heterocycles. The molecule has 2 aliphatic rings. The van der Waals surface area contributed by atoms with Gasteiger partial charge < -0.3 is 4.90 Å². The third-order valence-electron chi connectivity index (χ3n) is 5.73. The molecule has 0 radical (unpaired) electrons. The number of amides is 1. The minimum Gasteiger partial charge on any atom is -0.306 e. The highest BCUT2D eigenvalue weighted by atomic mass is 32.2. The molecule has 3 atom stereocenters. The van der Waals surface area contributed by atoms with Crippen LogP contribution in [0.2, 0.25) is 0 Å². The van der Waals surface area contributed by atoms with E-state index in [1.807, 2.05) is 68.4 Å². The second kappa shape index (κ2) is 6.77. The second-order valence-electron chi connectivity index (χ2n) is 7.57. The largest absolute Gasteiger partial charge is 0.306 e. The maximum atomic E-state index is 13.1. The monoisotopic (exact) mass is 384 g/mol. The Balaban J connectivity index is 1.71. The van der Waals surface area contributed by atoms with E-state index in [-0.39, 0.29) is 42.1 Å². The Morgan fingerprint density at radius 3 is 2.26 bits per heavy atom. The lowest BCUT2D eigenvalue weighted by molar-refractivity contribution is -0.124. The number of hydrogen-bond acceptors (Lipinski definition) is 4. The van der Waals surface area contributed by atoms with Crippen molar-refractivity contribution in [1.82, 2.24) is 4.90 Å². The van der Waals surface area contributed by atoms with Crippen LogP contribution in [0.3, 0.4) is 0 Å². The van der Waals surface area contributed by atoms with Crippen LogP contribution in [-0.4, -0.2) is 49.4 Å². The predicted octanol–water partition coefficient (Wildman–Crippen LogP) is 2.57. The number of carbonyl (C=O) groups is 1. The maximum absolute atomic E-state index is 13.1. The molecule has 1 unspecified atom stereocenters. The minimum atomic E-state index is -3.19. The van der Waals surface area contributed by atoms with Gasteiger partial charge >= 0.3 is 0 Å². The number of sulfone groups is 1. The van der Waals surface area contributed by atoms with Gasteiger partial charge in [-0.25, -0.2) is 8.42 Å². The Morgan fingerprint density at radius 2 is 1.59 bits per heavy atom. The molecule has 2 aromatic carbocycles. The van der Waals surface area contributed by atoms with E-state index in [2.05, 4.69) is 4.90 Å². The molecule has 6 heteroatoms. The van der Waals surface area contributed by atoms with Gasteiger partial charge in [-0.1, -0.05) is 48.0 Å². The predicted molar refractivity (Wildman–Crippen MR) is 106 cm³/mol. The quantitative estimate of drug-likeness (QED) is 0.816. The van der Waals surface area contributed by atoms with Crippen LogP contribution >= 0.6 is 0 Å². The summed E-state index contributed by atoms with van der Waals surface area (Å²) in [4.78, 5) is 16.8. The van der Waals surface area contributed by atoms with Crippen LogP contribution in [-0.2, 0) is 14.6 Å². The highest BCUT2D eigenvalue weighted by Gasteiger charge is 2.50. The summed E-state index contributed by atoms with van der Waals surface area (Å²) >= 11 is 0. The van der Waals surface area contributed by atoms with Crippen LogP contribution in [0, 0.1) is 6.92 Å². The van der Waals surface area contributed by atoms with E-state index in [1.54, 1.807) is 4.90 Å². The second-order valence-corrected chi connectivity index (χ2v) is 9.72. The van der Waals surface area contributed by atoms with Crippen molar-refractivity contribution in [3.8, 4) is 0 Å². The topological polar surface area (TPSA) is 57.7 Å². The average molecular weight is 385 g/mol. The molecule has 4 rings (SSSR count). The zero-order valence-corrected chi connectivity index (χ0v) is 16.4. The normalized spacial score (nSPS) is 26.0. The summed E-state index contributed by atoms with van der Waals surface area (Å²) in [6.07, 6.45) is 0. The summed E-state index contributed by atoms with van der Waals surface area (Å²) in [5.74, 6) is 0.0831. The molecule has 5 nitrogen and oxygen atoms in total. The third kappa shape index (κ3) is 3.39. The summed E-state index contributed by atoms with van der Waals surface area (Å²) < 4.78 is 24.9. The van der Waals surface area contributed by atoms with Crippen molar-refractivity contribution in [2.75, 3.05) is 23.0 Å². The van der Waals surface area contributed by atoms with Crippen LogP contribution in [0.15, 0.2) is 54.6 Å². The Hall–Kier alpha value is -2.18. The van der Waals surface area contributed by atoms with E-state index >= 15 is 0 Å². The first-order chi connectivity index (χ1) is 12.9. The van der Waals surface area contributed by atoms with Gasteiger partial charge in [0.2, 0.25) is 5.91 Å². The van der Waals surface area contributed by atoms with E-state index in [1.165, 1.54) is 0 Å². The number of aryl methyl sites for hydroxylation is 1. The third-order valence-corrected chi connectivity index (χ3v) is 7.43. The summed E-state index contributed by atoms with van der Waals surface area (Å²) in [6, 6.07) is 17.1. The van der Waals surface area contributed by atoms with Crippen molar-refractivity contribution in [2.45, 2.75) is 32.0 Å². The van der Waals surface area contributed by atoms with Crippen molar-refractivity contribution in [3.63, 3.8) is 0 Å². The average Bonchev–Trinajstić information content (AvgIpc) is 2.97. The van der Waals surface area contributed by atoms with Crippen molar-refractivity contribution in [1.29, 1.82) is 0 Å². The van der Waals surface area contributed by atoms with Gasteiger partial charge in [0.05, 0.1) is 24.1 Å². The Kier molecular flexibility index (Phi) is 4.56. The summed E-state index contributed by atoms with van der Waals surface area (Å²) in [6.45, 7) is 4.26. The highest BCUT2D eigenvalue weighted by molar-refractivity contribution is 7.91. The number of fused-ring (bicyclic) bond motifs is 1. The standard InChI is InChI=1S/C21H24N2O3S/c1-15-8-10-18(11-9-15)23-20-14-27(25,26)13-19(20)22(12-21(23)24)16(2)17-6-4-3-5-7-17/h3-11,16,19-20H,12-14H2,1-2H3/t16?,19-,20+/m0/s1. The molecule has 142 valence electrons. The Labute approximate surface area is 160 Å². The van der Waals surface area contributed by atoms with Crippen LogP contribution in [0.25, 0.3) is 0 Å². The number of hydrogen-bond donors (Lipinski definition) is 0. The van der Waals surface area contributed by atoms with Crippen LogP contribution in [0.5, 0.6) is 0 Å². The van der Waals surface area contributed by atoms with Gasteiger partial charge in [0.1, 0.15) is 0 Å². The van der Waals surface area contributed by atoms with Crippen molar-refractivity contribution in [2.24, 2.45) is 0 Å². The molecule has 0 aromatic heterocycles. The molecule has 0 spiro atoms. The van der Waals surface area contributed by atoms with Gasteiger partial charge in [0.25, 0.3) is 0 Å². The van der Waals surface area contributed by atoms with Crippen LogP contribution in [0.4, 0.5) is 5.69 Å². The molecule has 0 N–H and O–H groups in total. The lowest BCUT2D eigenvalue weighted by Gasteiger charge is -2.46. The van der Waals surface area contributed by atoms with Gasteiger partial charge in [-0.2, -0.15) is 0 Å². The zero-order valence-electron chi connectivity index (χ0n) is 15.6. The highest BCUT2D eigenvalue weighted by Crippen LogP contribution is 2.36. The van der Waals surface area contributed by atoms with E-state index < -0.39 is 9.84 Å². The molecule has 1 amide bonds. The molecule has 0 aliphatic carbocycles. The first-order valence-electron chi connectivity index (χ1n) is 9.25. The van der Waals surface area contributed by atoms with Gasteiger partial charge in [-0.3, -0.25) is 9.69 Å². The number of piperazine rings is 1. The lowest BCUT2D eigenvalue weighted by atomic mass is 9.98. The van der Waals surface area contributed by atoms with Gasteiger partial charge in [-0.05, 0) is 31.5 Å². The molecule has 2 heterocycles. The van der Waals surface area contributed by atoms with E-state index in [0.717, 1.165) is 16.8 Å². The van der Waals surface area contributed by atoms with Gasteiger partial charge in [0.15, 0.2) is 9.84 Å². The lowest BCUT2D eigenvalue weighted by Crippen LogP contribution is -2.62. The van der Waals surface area contributed by atoms with Crippen LogP contribution < -0.4 is 4.90 Å². The first kappa shape index (κ1) is 18.2. The van der Waals surface area contributed by atoms with Crippen molar-refractivity contribution >= 4 is 21.4 Å². The number of rotatable bonds is 3. The summed E-state index contributed by atoms with van der Waals surface area (Å²) in [5.41, 5.74) is 2.99. The van der Waals surface area contributed by atoms with Gasteiger partial charge in [0, 0.05) is 17.8 Å². The SMILES string of the molecule is Cc1ccc(N2C(=O)CN(C(C)c3ccccc3)[C@H]3CS(=O)(=O)C[C@H]32)cc1. The number of benzene rings is 2. The molecular weight excluding hydrogens is 360 g/mol. The van der Waals surface area contributed by atoms with E-state index in [9.17, 15) is 13.2 Å².